The lowest BCUT2D eigenvalue weighted by Gasteiger charge is -2.29. The van der Waals surface area contributed by atoms with Gasteiger partial charge >= 0.3 is 6.03 Å². The van der Waals surface area contributed by atoms with Gasteiger partial charge in [-0.05, 0) is 30.8 Å². The molecule has 1 atom stereocenters. The first-order valence-corrected chi connectivity index (χ1v) is 7.52. The van der Waals surface area contributed by atoms with Crippen molar-refractivity contribution < 1.29 is 14.7 Å². The van der Waals surface area contributed by atoms with Crippen LogP contribution in [0.2, 0.25) is 0 Å². The molecule has 6 nitrogen and oxygen atoms in total. The molecular formula is C13H19N3O3S. The molecule has 0 unspecified atom stereocenters. The van der Waals surface area contributed by atoms with Crippen LogP contribution in [0.15, 0.2) is 17.5 Å². The van der Waals surface area contributed by atoms with Gasteiger partial charge in [-0.15, -0.1) is 11.3 Å². The number of hydrogen-bond acceptors (Lipinski definition) is 5. The molecule has 1 aromatic heterocycles. The highest BCUT2D eigenvalue weighted by atomic mass is 32.1. The fourth-order valence-corrected chi connectivity index (χ4v) is 2.81. The van der Waals surface area contributed by atoms with E-state index in [-0.39, 0.29) is 18.6 Å². The predicted molar refractivity (Wildman–Crippen MR) is 76.4 cm³/mol. The van der Waals surface area contributed by atoms with E-state index in [9.17, 15) is 14.7 Å². The number of β-amino-alcohol motifs (C(OH)–C–C–N with tert-alkyl or cyclic N) is 1. The van der Waals surface area contributed by atoms with Crippen LogP contribution in [0.3, 0.4) is 0 Å². The number of carbonyl (C=O) groups is 2. The van der Waals surface area contributed by atoms with E-state index >= 15 is 0 Å². The number of carbonyl (C=O) groups excluding carboxylic acids is 2. The molecule has 1 aliphatic rings. The highest BCUT2D eigenvalue weighted by Gasteiger charge is 2.20. The van der Waals surface area contributed by atoms with Crippen LogP contribution >= 0.6 is 11.3 Å². The summed E-state index contributed by atoms with van der Waals surface area (Å²) in [5.74, 6) is -0.345. The van der Waals surface area contributed by atoms with Gasteiger partial charge in [0.25, 0.3) is 0 Å². The summed E-state index contributed by atoms with van der Waals surface area (Å²) >= 11 is 1.55. The lowest BCUT2D eigenvalue weighted by Crippen LogP contribution is -2.47. The molecule has 1 aliphatic heterocycles. The molecule has 1 aromatic rings. The van der Waals surface area contributed by atoms with Crippen molar-refractivity contribution >= 4 is 23.3 Å². The zero-order chi connectivity index (χ0) is 14.4. The number of imide groups is 1. The van der Waals surface area contributed by atoms with Crippen molar-refractivity contribution in [2.24, 2.45) is 0 Å². The van der Waals surface area contributed by atoms with Crippen LogP contribution in [0.4, 0.5) is 4.79 Å². The maximum absolute atomic E-state index is 11.7. The molecule has 0 aliphatic carbocycles. The van der Waals surface area contributed by atoms with E-state index < -0.39 is 6.03 Å². The second kappa shape index (κ2) is 7.37. The van der Waals surface area contributed by atoms with Crippen LogP contribution in [-0.4, -0.2) is 47.7 Å². The normalized spacial score (nSPS) is 19.6. The van der Waals surface area contributed by atoms with Crippen molar-refractivity contribution in [3.63, 3.8) is 0 Å². The second-order valence-electron chi connectivity index (χ2n) is 4.84. The minimum atomic E-state index is -0.485. The Kier molecular flexibility index (Phi) is 5.51. The Morgan fingerprint density at radius 2 is 2.35 bits per heavy atom. The number of hydrogen-bond donors (Lipinski definition) is 3. The molecule has 110 valence electrons. The van der Waals surface area contributed by atoms with Crippen molar-refractivity contribution in [1.29, 1.82) is 0 Å². The molecule has 0 bridgehead atoms. The van der Waals surface area contributed by atoms with Crippen LogP contribution < -0.4 is 10.6 Å². The largest absolute Gasteiger partial charge is 0.392 e. The molecule has 0 spiro atoms. The van der Waals surface area contributed by atoms with Crippen molar-refractivity contribution in [2.45, 2.75) is 25.5 Å². The zero-order valence-electron chi connectivity index (χ0n) is 11.2. The van der Waals surface area contributed by atoms with Crippen molar-refractivity contribution in [2.75, 3.05) is 19.6 Å². The highest BCUT2D eigenvalue weighted by molar-refractivity contribution is 7.09. The number of likely N-dealkylation sites (tertiary alicyclic amines) is 1. The number of piperidine rings is 1. The van der Waals surface area contributed by atoms with E-state index in [2.05, 4.69) is 10.6 Å². The molecule has 7 heteroatoms. The number of rotatable bonds is 4. The topological polar surface area (TPSA) is 81.7 Å². The van der Waals surface area contributed by atoms with Gasteiger partial charge < -0.3 is 10.4 Å². The van der Waals surface area contributed by atoms with Crippen LogP contribution in [0.5, 0.6) is 0 Å². The summed E-state index contributed by atoms with van der Waals surface area (Å²) in [5, 5.41) is 16.4. The van der Waals surface area contributed by atoms with Crippen molar-refractivity contribution in [1.82, 2.24) is 15.5 Å². The molecule has 1 fully saturated rings. The van der Waals surface area contributed by atoms with Gasteiger partial charge in [0.15, 0.2) is 0 Å². The van der Waals surface area contributed by atoms with E-state index in [1.807, 2.05) is 22.4 Å². The number of urea groups is 1. The standard InChI is InChI=1S/C13H19N3O3S/c17-10-3-1-5-16(8-10)9-12(18)15-13(19)14-7-11-4-2-6-20-11/h2,4,6,10,17H,1,3,5,7-9H2,(H2,14,15,18,19)/t10-/m0/s1. The minimum Gasteiger partial charge on any atom is -0.392 e. The van der Waals surface area contributed by atoms with Crippen LogP contribution in [0.25, 0.3) is 0 Å². The molecule has 0 radical (unpaired) electrons. The average molecular weight is 297 g/mol. The second-order valence-corrected chi connectivity index (χ2v) is 5.87. The van der Waals surface area contributed by atoms with Gasteiger partial charge in [0, 0.05) is 11.4 Å². The molecule has 0 aromatic carbocycles. The Morgan fingerprint density at radius 3 is 3.05 bits per heavy atom. The van der Waals surface area contributed by atoms with E-state index in [0.717, 1.165) is 24.3 Å². The van der Waals surface area contributed by atoms with Gasteiger partial charge in [0.05, 0.1) is 19.2 Å². The van der Waals surface area contributed by atoms with E-state index in [1.165, 1.54) is 0 Å². The monoisotopic (exact) mass is 297 g/mol. The Hall–Kier alpha value is -1.44. The first-order valence-electron chi connectivity index (χ1n) is 6.64. The third-order valence-corrected chi connectivity index (χ3v) is 3.98. The van der Waals surface area contributed by atoms with Crippen LogP contribution in [0.1, 0.15) is 17.7 Å². The molecule has 20 heavy (non-hydrogen) atoms. The first kappa shape index (κ1) is 15.0. The number of nitrogens with one attached hydrogen (secondary N) is 2. The number of aliphatic hydroxyl groups excluding tert-OH is 1. The highest BCUT2D eigenvalue weighted by Crippen LogP contribution is 2.09. The average Bonchev–Trinajstić information content (AvgIpc) is 2.89. The molecule has 0 saturated carbocycles. The number of thiophene rings is 1. The fourth-order valence-electron chi connectivity index (χ4n) is 2.17. The quantitative estimate of drug-likeness (QED) is 0.757. The van der Waals surface area contributed by atoms with Gasteiger partial charge in [0.2, 0.25) is 5.91 Å². The number of amides is 3. The third kappa shape index (κ3) is 4.92. The summed E-state index contributed by atoms with van der Waals surface area (Å²) in [6.07, 6.45) is 1.28. The maximum atomic E-state index is 11.7. The van der Waals surface area contributed by atoms with Crippen LogP contribution in [0, 0.1) is 0 Å². The first-order chi connectivity index (χ1) is 9.63. The van der Waals surface area contributed by atoms with Gasteiger partial charge in [0.1, 0.15) is 0 Å². The maximum Gasteiger partial charge on any atom is 0.321 e. The Balaban J connectivity index is 1.67. The summed E-state index contributed by atoms with van der Waals surface area (Å²) in [6, 6.07) is 3.34. The van der Waals surface area contributed by atoms with Gasteiger partial charge in [-0.2, -0.15) is 0 Å². The summed E-state index contributed by atoms with van der Waals surface area (Å²) < 4.78 is 0. The molecule has 3 amide bonds. The Bertz CT molecular complexity index is 450. The summed E-state index contributed by atoms with van der Waals surface area (Å²) in [5.41, 5.74) is 0. The Morgan fingerprint density at radius 1 is 1.50 bits per heavy atom. The summed E-state index contributed by atoms with van der Waals surface area (Å²) in [6.45, 7) is 1.83. The lowest BCUT2D eigenvalue weighted by molar-refractivity contribution is -0.121. The Labute approximate surface area is 121 Å². The molecular weight excluding hydrogens is 278 g/mol. The van der Waals surface area contributed by atoms with Gasteiger partial charge in [-0.25, -0.2) is 4.79 Å². The molecule has 3 N–H and O–H groups in total. The van der Waals surface area contributed by atoms with E-state index in [4.69, 9.17) is 0 Å². The minimum absolute atomic E-state index is 0.142. The zero-order valence-corrected chi connectivity index (χ0v) is 12.0. The van der Waals surface area contributed by atoms with Crippen molar-refractivity contribution in [3.05, 3.63) is 22.4 Å². The molecule has 2 rings (SSSR count). The van der Waals surface area contributed by atoms with E-state index in [1.54, 1.807) is 11.3 Å². The summed E-state index contributed by atoms with van der Waals surface area (Å²) in [7, 11) is 0. The van der Waals surface area contributed by atoms with Crippen molar-refractivity contribution in [3.8, 4) is 0 Å². The summed E-state index contributed by atoms with van der Waals surface area (Å²) in [4.78, 5) is 26.1. The van der Waals surface area contributed by atoms with Gasteiger partial charge in [-0.3, -0.25) is 15.0 Å². The smallest absolute Gasteiger partial charge is 0.321 e. The lowest BCUT2D eigenvalue weighted by atomic mass is 10.1. The number of aliphatic hydroxyl groups is 1. The molecule has 1 saturated heterocycles. The predicted octanol–water partition coefficient (Wildman–Crippen LogP) is 0.531. The third-order valence-electron chi connectivity index (χ3n) is 3.10. The van der Waals surface area contributed by atoms with Gasteiger partial charge in [-0.1, -0.05) is 6.07 Å². The van der Waals surface area contributed by atoms with Crippen LogP contribution in [-0.2, 0) is 11.3 Å². The van der Waals surface area contributed by atoms with E-state index in [0.29, 0.717) is 13.1 Å². The SMILES string of the molecule is O=C(CN1CCC[C@H](O)C1)NC(=O)NCc1cccs1. The number of nitrogens with zero attached hydrogens (tertiary/aromatic N) is 1. The fraction of sp³-hybridized carbons (Fsp3) is 0.538. The molecule has 2 heterocycles.